The van der Waals surface area contributed by atoms with E-state index in [4.69, 9.17) is 0 Å². The van der Waals surface area contributed by atoms with Gasteiger partial charge in [-0.05, 0) is 13.0 Å². The standard InChI is InChI=1S/C11H11NOS/c1-8(13)6-12-10-7-14-11-5-3-2-4-9(10)11/h2-5,7,12H,6H2,1H3. The number of hydrogen-bond acceptors (Lipinski definition) is 3. The van der Waals surface area contributed by atoms with Crippen LogP contribution >= 0.6 is 11.3 Å². The molecule has 3 heteroatoms. The second-order valence-corrected chi connectivity index (χ2v) is 4.11. The monoisotopic (exact) mass is 205 g/mol. The van der Waals surface area contributed by atoms with Gasteiger partial charge in [0.15, 0.2) is 0 Å². The maximum Gasteiger partial charge on any atom is 0.148 e. The van der Waals surface area contributed by atoms with E-state index in [0.29, 0.717) is 6.54 Å². The van der Waals surface area contributed by atoms with E-state index in [-0.39, 0.29) is 5.78 Å². The molecule has 2 rings (SSSR count). The number of Topliss-reactive ketones (excluding diaryl/α,β-unsaturated/α-hetero) is 1. The Morgan fingerprint density at radius 1 is 1.43 bits per heavy atom. The van der Waals surface area contributed by atoms with Crippen molar-refractivity contribution in [2.24, 2.45) is 0 Å². The Bertz CT molecular complexity index is 461. The van der Waals surface area contributed by atoms with Crippen LogP contribution in [0.15, 0.2) is 29.6 Å². The molecule has 0 spiro atoms. The Kier molecular flexibility index (Phi) is 2.50. The molecule has 0 saturated heterocycles. The molecular formula is C11H11NOS. The number of carbonyl (C=O) groups is 1. The number of fused-ring (bicyclic) bond motifs is 1. The molecule has 0 atom stereocenters. The van der Waals surface area contributed by atoms with Crippen LogP contribution in [0.25, 0.3) is 10.1 Å². The van der Waals surface area contributed by atoms with E-state index in [1.165, 1.54) is 10.1 Å². The summed E-state index contributed by atoms with van der Waals surface area (Å²) in [6.07, 6.45) is 0. The molecule has 1 heterocycles. The fourth-order valence-electron chi connectivity index (χ4n) is 1.33. The van der Waals surface area contributed by atoms with E-state index in [1.807, 2.05) is 17.5 Å². The van der Waals surface area contributed by atoms with Crippen LogP contribution in [-0.4, -0.2) is 12.3 Å². The fraction of sp³-hybridized carbons (Fsp3) is 0.182. The molecule has 0 radical (unpaired) electrons. The summed E-state index contributed by atoms with van der Waals surface area (Å²) >= 11 is 1.69. The third-order valence-electron chi connectivity index (χ3n) is 2.01. The minimum atomic E-state index is 0.153. The van der Waals surface area contributed by atoms with Crippen molar-refractivity contribution in [1.29, 1.82) is 0 Å². The van der Waals surface area contributed by atoms with E-state index in [9.17, 15) is 4.79 Å². The summed E-state index contributed by atoms with van der Waals surface area (Å²) in [6, 6.07) is 8.18. The van der Waals surface area contributed by atoms with Gasteiger partial charge in [0.05, 0.1) is 12.2 Å². The van der Waals surface area contributed by atoms with Gasteiger partial charge < -0.3 is 5.32 Å². The number of carbonyl (C=O) groups excluding carboxylic acids is 1. The quantitative estimate of drug-likeness (QED) is 0.834. The van der Waals surface area contributed by atoms with Gasteiger partial charge in [0.25, 0.3) is 0 Å². The van der Waals surface area contributed by atoms with Gasteiger partial charge in [0, 0.05) is 15.5 Å². The number of anilines is 1. The van der Waals surface area contributed by atoms with E-state index in [0.717, 1.165) is 5.69 Å². The summed E-state index contributed by atoms with van der Waals surface area (Å²) < 4.78 is 1.25. The molecule has 0 amide bonds. The van der Waals surface area contributed by atoms with E-state index < -0.39 is 0 Å². The van der Waals surface area contributed by atoms with Gasteiger partial charge in [-0.15, -0.1) is 11.3 Å². The van der Waals surface area contributed by atoms with Gasteiger partial charge in [-0.1, -0.05) is 18.2 Å². The highest BCUT2D eigenvalue weighted by molar-refractivity contribution is 7.17. The number of ketones is 1. The lowest BCUT2D eigenvalue weighted by molar-refractivity contribution is -0.115. The summed E-state index contributed by atoms with van der Waals surface area (Å²) in [6.45, 7) is 1.99. The molecule has 2 aromatic rings. The predicted molar refractivity (Wildman–Crippen MR) is 61.0 cm³/mol. The van der Waals surface area contributed by atoms with Crippen molar-refractivity contribution >= 4 is 32.9 Å². The molecule has 1 N–H and O–H groups in total. The number of thiophene rings is 1. The molecule has 0 aliphatic rings. The zero-order chi connectivity index (χ0) is 9.97. The average molecular weight is 205 g/mol. The molecule has 0 aliphatic carbocycles. The highest BCUT2D eigenvalue weighted by atomic mass is 32.1. The van der Waals surface area contributed by atoms with Gasteiger partial charge in [0.1, 0.15) is 5.78 Å². The molecule has 0 aliphatic heterocycles. The van der Waals surface area contributed by atoms with E-state index >= 15 is 0 Å². The molecular weight excluding hydrogens is 194 g/mol. The predicted octanol–water partition coefficient (Wildman–Crippen LogP) is 2.90. The van der Waals surface area contributed by atoms with Crippen LogP contribution in [0, 0.1) is 0 Å². The molecule has 1 aromatic carbocycles. The maximum atomic E-state index is 10.8. The smallest absolute Gasteiger partial charge is 0.148 e. The molecule has 0 unspecified atom stereocenters. The number of hydrogen-bond donors (Lipinski definition) is 1. The first-order valence-corrected chi connectivity index (χ1v) is 5.35. The minimum absolute atomic E-state index is 0.153. The zero-order valence-corrected chi connectivity index (χ0v) is 8.73. The highest BCUT2D eigenvalue weighted by Gasteiger charge is 2.02. The molecule has 0 fully saturated rings. The third-order valence-corrected chi connectivity index (χ3v) is 2.97. The number of rotatable bonds is 3. The number of nitrogens with one attached hydrogen (secondary N) is 1. The van der Waals surface area contributed by atoms with Crippen LogP contribution in [0.5, 0.6) is 0 Å². The first kappa shape index (κ1) is 9.21. The van der Waals surface area contributed by atoms with Crippen molar-refractivity contribution in [2.45, 2.75) is 6.92 Å². The van der Waals surface area contributed by atoms with Gasteiger partial charge >= 0.3 is 0 Å². The van der Waals surface area contributed by atoms with Crippen LogP contribution in [0.4, 0.5) is 5.69 Å². The van der Waals surface area contributed by atoms with Crippen LogP contribution in [0.1, 0.15) is 6.92 Å². The second kappa shape index (κ2) is 3.80. The number of benzene rings is 1. The molecule has 1 aromatic heterocycles. The summed E-state index contributed by atoms with van der Waals surface area (Å²) in [4.78, 5) is 10.8. The summed E-state index contributed by atoms with van der Waals surface area (Å²) in [7, 11) is 0. The van der Waals surface area contributed by atoms with Crippen LogP contribution < -0.4 is 5.32 Å². The lowest BCUT2D eigenvalue weighted by atomic mass is 10.2. The van der Waals surface area contributed by atoms with E-state index in [1.54, 1.807) is 18.3 Å². The normalized spacial score (nSPS) is 10.4. The Morgan fingerprint density at radius 3 is 3.00 bits per heavy atom. The Labute approximate surface area is 86.6 Å². The van der Waals surface area contributed by atoms with Crippen molar-refractivity contribution in [2.75, 3.05) is 11.9 Å². The van der Waals surface area contributed by atoms with Crippen molar-refractivity contribution in [3.8, 4) is 0 Å². The lowest BCUT2D eigenvalue weighted by Crippen LogP contribution is -2.09. The molecule has 0 saturated carbocycles. The molecule has 14 heavy (non-hydrogen) atoms. The van der Waals surface area contributed by atoms with Crippen LogP contribution in [-0.2, 0) is 4.79 Å². The van der Waals surface area contributed by atoms with Crippen LogP contribution in [0.3, 0.4) is 0 Å². The van der Waals surface area contributed by atoms with Crippen molar-refractivity contribution in [1.82, 2.24) is 0 Å². The van der Waals surface area contributed by atoms with Crippen molar-refractivity contribution in [3.05, 3.63) is 29.6 Å². The first-order chi connectivity index (χ1) is 6.77. The summed E-state index contributed by atoms with van der Waals surface area (Å²) in [5, 5.41) is 6.37. The lowest BCUT2D eigenvalue weighted by Gasteiger charge is -2.00. The molecule has 2 nitrogen and oxygen atoms in total. The van der Waals surface area contributed by atoms with Gasteiger partial charge in [-0.3, -0.25) is 4.79 Å². The molecule has 72 valence electrons. The summed E-state index contributed by atoms with van der Waals surface area (Å²) in [5.41, 5.74) is 1.06. The first-order valence-electron chi connectivity index (χ1n) is 4.47. The average Bonchev–Trinajstić information content (AvgIpc) is 2.58. The highest BCUT2D eigenvalue weighted by Crippen LogP contribution is 2.29. The Hall–Kier alpha value is -1.35. The SMILES string of the molecule is CC(=O)CNc1csc2ccccc12. The fourth-order valence-corrected chi connectivity index (χ4v) is 2.25. The Morgan fingerprint density at radius 2 is 2.21 bits per heavy atom. The minimum Gasteiger partial charge on any atom is -0.377 e. The topological polar surface area (TPSA) is 29.1 Å². The van der Waals surface area contributed by atoms with Gasteiger partial charge in [-0.25, -0.2) is 0 Å². The van der Waals surface area contributed by atoms with Crippen LogP contribution in [0.2, 0.25) is 0 Å². The third kappa shape index (κ3) is 1.77. The zero-order valence-electron chi connectivity index (χ0n) is 7.91. The van der Waals surface area contributed by atoms with Crippen molar-refractivity contribution in [3.63, 3.8) is 0 Å². The molecule has 0 bridgehead atoms. The summed E-state index contributed by atoms with van der Waals surface area (Å²) in [5.74, 6) is 0.153. The van der Waals surface area contributed by atoms with Gasteiger partial charge in [0.2, 0.25) is 0 Å². The second-order valence-electron chi connectivity index (χ2n) is 3.20. The van der Waals surface area contributed by atoms with Crippen molar-refractivity contribution < 1.29 is 4.79 Å². The Balaban J connectivity index is 2.29. The maximum absolute atomic E-state index is 10.8. The largest absolute Gasteiger partial charge is 0.377 e. The van der Waals surface area contributed by atoms with E-state index in [2.05, 4.69) is 17.4 Å². The van der Waals surface area contributed by atoms with Gasteiger partial charge in [-0.2, -0.15) is 0 Å².